The lowest BCUT2D eigenvalue weighted by molar-refractivity contribution is 0.0697. The van der Waals surface area contributed by atoms with E-state index in [-0.39, 0.29) is 16.1 Å². The van der Waals surface area contributed by atoms with Gasteiger partial charge in [-0.15, -0.1) is 0 Å². The van der Waals surface area contributed by atoms with Crippen LogP contribution in [0.2, 0.25) is 5.02 Å². The van der Waals surface area contributed by atoms with Crippen molar-refractivity contribution in [2.45, 2.75) is 11.8 Å². The number of halogens is 2. The molecular formula is C14H11BrClNO4S. The molecule has 2 rings (SSSR count). The first-order chi connectivity index (χ1) is 10.2. The van der Waals surface area contributed by atoms with Gasteiger partial charge in [0, 0.05) is 15.2 Å². The lowest BCUT2D eigenvalue weighted by atomic mass is 10.2. The topological polar surface area (TPSA) is 83.5 Å². The molecule has 0 saturated carbocycles. The Morgan fingerprint density at radius 2 is 1.95 bits per heavy atom. The van der Waals surface area contributed by atoms with Crippen LogP contribution < -0.4 is 4.72 Å². The number of carboxylic acids is 1. The van der Waals surface area contributed by atoms with Crippen LogP contribution in [0.4, 0.5) is 5.69 Å². The molecule has 0 spiro atoms. The number of rotatable bonds is 4. The highest BCUT2D eigenvalue weighted by atomic mass is 79.9. The molecule has 8 heteroatoms. The predicted molar refractivity (Wildman–Crippen MR) is 88.1 cm³/mol. The van der Waals surface area contributed by atoms with E-state index in [0.717, 1.165) is 5.56 Å². The molecule has 2 aromatic rings. The summed E-state index contributed by atoms with van der Waals surface area (Å²) in [5, 5.41) is 9.26. The monoisotopic (exact) mass is 403 g/mol. The van der Waals surface area contributed by atoms with Gasteiger partial charge in [-0.1, -0.05) is 17.7 Å². The number of carbonyl (C=O) groups is 1. The first-order valence-corrected chi connectivity index (χ1v) is 8.68. The zero-order valence-electron chi connectivity index (χ0n) is 11.3. The van der Waals surface area contributed by atoms with Gasteiger partial charge in [-0.2, -0.15) is 0 Å². The van der Waals surface area contributed by atoms with E-state index in [1.54, 1.807) is 13.0 Å². The average Bonchev–Trinajstić information content (AvgIpc) is 2.42. The Morgan fingerprint density at radius 3 is 2.59 bits per heavy atom. The second kappa shape index (κ2) is 6.28. The van der Waals surface area contributed by atoms with E-state index in [0.29, 0.717) is 9.50 Å². The molecule has 2 N–H and O–H groups in total. The third-order valence-corrected chi connectivity index (χ3v) is 5.61. The Hall–Kier alpha value is -1.57. The molecule has 0 aromatic heterocycles. The van der Waals surface area contributed by atoms with E-state index in [2.05, 4.69) is 20.7 Å². The standard InChI is InChI=1S/C14H11BrClNO4S/c1-8-5-11(15)13(7-12(8)16)22(20,21)17-10-4-2-3-9(6-10)14(18)19/h2-7,17H,1H3,(H,18,19). The summed E-state index contributed by atoms with van der Waals surface area (Å²) >= 11 is 9.17. The van der Waals surface area contributed by atoms with Crippen molar-refractivity contribution in [2.75, 3.05) is 4.72 Å². The van der Waals surface area contributed by atoms with E-state index < -0.39 is 16.0 Å². The van der Waals surface area contributed by atoms with Gasteiger partial charge in [-0.25, -0.2) is 13.2 Å². The minimum Gasteiger partial charge on any atom is -0.478 e. The van der Waals surface area contributed by atoms with Crippen LogP contribution in [0.3, 0.4) is 0 Å². The number of carboxylic acid groups (broad SMARTS) is 1. The maximum atomic E-state index is 12.4. The number of aromatic carboxylic acids is 1. The zero-order valence-corrected chi connectivity index (χ0v) is 14.5. The number of aryl methyl sites for hydroxylation is 1. The second-order valence-electron chi connectivity index (χ2n) is 4.52. The van der Waals surface area contributed by atoms with Crippen molar-refractivity contribution in [1.82, 2.24) is 0 Å². The van der Waals surface area contributed by atoms with Crippen LogP contribution >= 0.6 is 27.5 Å². The Morgan fingerprint density at radius 1 is 1.27 bits per heavy atom. The van der Waals surface area contributed by atoms with E-state index >= 15 is 0 Å². The van der Waals surface area contributed by atoms with E-state index in [4.69, 9.17) is 16.7 Å². The highest BCUT2D eigenvalue weighted by molar-refractivity contribution is 9.10. The fourth-order valence-corrected chi connectivity index (χ4v) is 4.22. The average molecular weight is 405 g/mol. The van der Waals surface area contributed by atoms with Gasteiger partial charge in [0.05, 0.1) is 5.56 Å². The molecule has 0 aliphatic rings. The van der Waals surface area contributed by atoms with Crippen molar-refractivity contribution < 1.29 is 18.3 Å². The molecule has 0 aliphatic heterocycles. The molecular weight excluding hydrogens is 394 g/mol. The molecule has 0 unspecified atom stereocenters. The molecule has 0 radical (unpaired) electrons. The Balaban J connectivity index is 2.42. The summed E-state index contributed by atoms with van der Waals surface area (Å²) in [6.45, 7) is 1.76. The number of nitrogens with one attached hydrogen (secondary N) is 1. The summed E-state index contributed by atoms with van der Waals surface area (Å²) in [7, 11) is -3.90. The second-order valence-corrected chi connectivity index (χ2v) is 7.44. The number of hydrogen-bond donors (Lipinski definition) is 2. The van der Waals surface area contributed by atoms with Crippen LogP contribution in [-0.4, -0.2) is 19.5 Å². The molecule has 0 saturated heterocycles. The smallest absolute Gasteiger partial charge is 0.335 e. The molecule has 116 valence electrons. The van der Waals surface area contributed by atoms with Crippen LogP contribution in [0.5, 0.6) is 0 Å². The van der Waals surface area contributed by atoms with Gasteiger partial charge in [0.2, 0.25) is 0 Å². The van der Waals surface area contributed by atoms with Gasteiger partial charge in [-0.3, -0.25) is 4.72 Å². The Bertz CT molecular complexity index is 852. The van der Waals surface area contributed by atoms with Gasteiger partial charge < -0.3 is 5.11 Å². The van der Waals surface area contributed by atoms with E-state index in [1.165, 1.54) is 30.3 Å². The van der Waals surface area contributed by atoms with E-state index in [1.807, 2.05) is 0 Å². The van der Waals surface area contributed by atoms with Gasteiger partial charge in [-0.05, 0) is 58.7 Å². The van der Waals surface area contributed by atoms with Crippen LogP contribution in [0.15, 0.2) is 45.8 Å². The zero-order chi connectivity index (χ0) is 16.5. The minimum atomic E-state index is -3.90. The molecule has 0 bridgehead atoms. The van der Waals surface area contributed by atoms with Crippen LogP contribution in [0.1, 0.15) is 15.9 Å². The highest BCUT2D eigenvalue weighted by Gasteiger charge is 2.19. The first kappa shape index (κ1) is 16.8. The number of sulfonamides is 1. The first-order valence-electron chi connectivity index (χ1n) is 6.02. The summed E-state index contributed by atoms with van der Waals surface area (Å²) in [4.78, 5) is 10.9. The molecule has 0 amide bonds. The number of benzene rings is 2. The molecule has 0 aliphatic carbocycles. The lowest BCUT2D eigenvalue weighted by Gasteiger charge is -2.11. The normalized spacial score (nSPS) is 11.2. The van der Waals surface area contributed by atoms with Gasteiger partial charge in [0.25, 0.3) is 10.0 Å². The van der Waals surface area contributed by atoms with Crippen molar-refractivity contribution in [2.24, 2.45) is 0 Å². The molecule has 22 heavy (non-hydrogen) atoms. The predicted octanol–water partition coefficient (Wildman–Crippen LogP) is 3.91. The van der Waals surface area contributed by atoms with Crippen molar-refractivity contribution in [3.8, 4) is 0 Å². The Kier molecular flexibility index (Phi) is 4.79. The minimum absolute atomic E-state index is 0.0128. The van der Waals surface area contributed by atoms with Crippen molar-refractivity contribution >= 4 is 49.2 Å². The fourth-order valence-electron chi connectivity index (χ4n) is 1.76. The van der Waals surface area contributed by atoms with Gasteiger partial charge in [0.15, 0.2) is 0 Å². The summed E-state index contributed by atoms with van der Waals surface area (Å²) < 4.78 is 27.5. The summed E-state index contributed by atoms with van der Waals surface area (Å²) in [5.74, 6) is -1.14. The summed E-state index contributed by atoms with van der Waals surface area (Å²) in [6, 6.07) is 8.48. The summed E-state index contributed by atoms with van der Waals surface area (Å²) in [6.07, 6.45) is 0. The van der Waals surface area contributed by atoms with Crippen molar-refractivity contribution in [1.29, 1.82) is 0 Å². The maximum absolute atomic E-state index is 12.4. The molecule has 0 atom stereocenters. The fraction of sp³-hybridized carbons (Fsp3) is 0.0714. The number of hydrogen-bond acceptors (Lipinski definition) is 3. The van der Waals surface area contributed by atoms with Gasteiger partial charge >= 0.3 is 5.97 Å². The SMILES string of the molecule is Cc1cc(Br)c(S(=O)(=O)Nc2cccc(C(=O)O)c2)cc1Cl. The molecule has 5 nitrogen and oxygen atoms in total. The Labute approximate surface area is 141 Å². The molecule has 2 aromatic carbocycles. The van der Waals surface area contributed by atoms with Crippen LogP contribution in [0, 0.1) is 6.92 Å². The largest absolute Gasteiger partial charge is 0.478 e. The quantitative estimate of drug-likeness (QED) is 0.809. The lowest BCUT2D eigenvalue weighted by Crippen LogP contribution is -2.14. The van der Waals surface area contributed by atoms with Gasteiger partial charge in [0.1, 0.15) is 4.90 Å². The third kappa shape index (κ3) is 3.60. The van der Waals surface area contributed by atoms with E-state index in [9.17, 15) is 13.2 Å². The maximum Gasteiger partial charge on any atom is 0.335 e. The van der Waals surface area contributed by atoms with Crippen molar-refractivity contribution in [3.63, 3.8) is 0 Å². The highest BCUT2D eigenvalue weighted by Crippen LogP contribution is 2.30. The number of anilines is 1. The molecule has 0 heterocycles. The third-order valence-electron chi connectivity index (χ3n) is 2.86. The molecule has 0 fully saturated rings. The van der Waals surface area contributed by atoms with Crippen LogP contribution in [0.25, 0.3) is 0 Å². The van der Waals surface area contributed by atoms with Crippen LogP contribution in [-0.2, 0) is 10.0 Å². The summed E-state index contributed by atoms with van der Waals surface area (Å²) in [5.41, 5.74) is 0.880. The van der Waals surface area contributed by atoms with Crippen molar-refractivity contribution in [3.05, 3.63) is 57.0 Å².